The average molecular weight is 356 g/mol. The molecular formula is C20H24O4Si. The van der Waals surface area contributed by atoms with Gasteiger partial charge >= 0.3 is 8.56 Å². The van der Waals surface area contributed by atoms with Crippen molar-refractivity contribution >= 4 is 20.1 Å². The molecule has 0 unspecified atom stereocenters. The van der Waals surface area contributed by atoms with Gasteiger partial charge in [-0.15, -0.1) is 0 Å². The molecule has 2 rings (SSSR count). The van der Waals surface area contributed by atoms with Crippen molar-refractivity contribution in [2.45, 2.75) is 24.9 Å². The third-order valence-corrected chi connectivity index (χ3v) is 8.35. The number of Topliss-reactive ketones (excluding diaryl/α,β-unsaturated/α-hetero) is 2. The Kier molecular flexibility index (Phi) is 6.81. The molecule has 0 aliphatic carbocycles. The largest absolute Gasteiger partial charge is 0.397 e. The zero-order valence-corrected chi connectivity index (χ0v) is 15.9. The van der Waals surface area contributed by atoms with E-state index >= 15 is 0 Å². The quantitative estimate of drug-likeness (QED) is 0.382. The monoisotopic (exact) mass is 356 g/mol. The van der Waals surface area contributed by atoms with Gasteiger partial charge in [0.2, 0.25) is 0 Å². The van der Waals surface area contributed by atoms with Crippen molar-refractivity contribution in [1.82, 2.24) is 0 Å². The summed E-state index contributed by atoms with van der Waals surface area (Å²) in [5, 5.41) is 0. The molecule has 0 aromatic heterocycles. The zero-order chi connectivity index (χ0) is 18.3. The maximum absolute atomic E-state index is 13.3. The van der Waals surface area contributed by atoms with Crippen LogP contribution in [0.3, 0.4) is 0 Å². The second-order valence-electron chi connectivity index (χ2n) is 5.86. The lowest BCUT2D eigenvalue weighted by molar-refractivity contribution is 0.0854. The molecule has 4 nitrogen and oxygen atoms in total. The van der Waals surface area contributed by atoms with Gasteiger partial charge in [0.15, 0.2) is 11.6 Å². The molecule has 0 atom stereocenters. The molecule has 0 heterocycles. The SMILES string of the molecule is CCC[Si](OC)(OC)C(C(=O)c1ccccc1)C(=O)c1ccccc1. The molecule has 0 spiro atoms. The first kappa shape index (κ1) is 19.2. The van der Waals surface area contributed by atoms with Crippen LogP contribution in [0.1, 0.15) is 34.1 Å². The van der Waals surface area contributed by atoms with Crippen molar-refractivity contribution in [2.75, 3.05) is 14.2 Å². The molecule has 0 aliphatic heterocycles. The van der Waals surface area contributed by atoms with Crippen molar-refractivity contribution in [3.63, 3.8) is 0 Å². The molecule has 0 aliphatic rings. The Hall–Kier alpha value is -2.08. The summed E-state index contributed by atoms with van der Waals surface area (Å²) in [5.41, 5.74) is 0.0602. The van der Waals surface area contributed by atoms with Crippen LogP contribution in [-0.4, -0.2) is 34.3 Å². The van der Waals surface area contributed by atoms with E-state index in [1.165, 1.54) is 14.2 Å². The first-order valence-corrected chi connectivity index (χ1v) is 10.5. The van der Waals surface area contributed by atoms with Crippen molar-refractivity contribution in [3.8, 4) is 0 Å². The fraction of sp³-hybridized carbons (Fsp3) is 0.300. The Morgan fingerprint density at radius 3 is 1.56 bits per heavy atom. The minimum atomic E-state index is -3.06. The maximum atomic E-state index is 13.3. The Bertz CT molecular complexity index is 645. The number of ketones is 2. The summed E-state index contributed by atoms with van der Waals surface area (Å²) in [7, 11) is 0.00959. The molecule has 0 saturated heterocycles. The van der Waals surface area contributed by atoms with Gasteiger partial charge in [-0.3, -0.25) is 9.59 Å². The van der Waals surface area contributed by atoms with E-state index in [1.807, 2.05) is 19.1 Å². The molecule has 0 amide bonds. The van der Waals surface area contributed by atoms with Gasteiger partial charge in [-0.1, -0.05) is 74.0 Å². The van der Waals surface area contributed by atoms with Gasteiger partial charge in [0, 0.05) is 25.3 Å². The van der Waals surface area contributed by atoms with E-state index in [0.717, 1.165) is 6.42 Å². The molecule has 132 valence electrons. The number of carbonyl (C=O) groups excluding carboxylic acids is 2. The van der Waals surface area contributed by atoms with Gasteiger partial charge in [0.25, 0.3) is 0 Å². The van der Waals surface area contributed by atoms with Crippen LogP contribution in [-0.2, 0) is 8.85 Å². The first-order chi connectivity index (χ1) is 12.1. The molecule has 2 aromatic carbocycles. The maximum Gasteiger partial charge on any atom is 0.356 e. The topological polar surface area (TPSA) is 52.6 Å². The van der Waals surface area contributed by atoms with Gasteiger partial charge in [0.05, 0.1) is 0 Å². The summed E-state index contributed by atoms with van der Waals surface area (Å²) >= 11 is 0. The number of rotatable bonds is 9. The highest BCUT2D eigenvalue weighted by molar-refractivity contribution is 6.77. The third kappa shape index (κ3) is 4.12. The van der Waals surface area contributed by atoms with Crippen molar-refractivity contribution in [1.29, 1.82) is 0 Å². The van der Waals surface area contributed by atoms with E-state index in [9.17, 15) is 9.59 Å². The smallest absolute Gasteiger partial charge is 0.356 e. The summed E-state index contributed by atoms with van der Waals surface area (Å²) in [5.74, 6) is -0.475. The van der Waals surface area contributed by atoms with E-state index in [-0.39, 0.29) is 11.6 Å². The lowest BCUT2D eigenvalue weighted by atomic mass is 10.0. The molecule has 25 heavy (non-hydrogen) atoms. The van der Waals surface area contributed by atoms with Gasteiger partial charge in [0.1, 0.15) is 5.54 Å². The fourth-order valence-electron chi connectivity index (χ4n) is 3.07. The number of benzene rings is 2. The van der Waals surface area contributed by atoms with E-state index in [1.54, 1.807) is 48.5 Å². The lowest BCUT2D eigenvalue weighted by Crippen LogP contribution is -2.51. The van der Waals surface area contributed by atoms with Crippen molar-refractivity contribution in [2.24, 2.45) is 0 Å². The van der Waals surface area contributed by atoms with Gasteiger partial charge in [-0.2, -0.15) is 0 Å². The second-order valence-corrected chi connectivity index (χ2v) is 9.38. The summed E-state index contributed by atoms with van der Waals surface area (Å²) in [6.45, 7) is 2.00. The molecule has 5 heteroatoms. The molecular weight excluding hydrogens is 332 g/mol. The van der Waals surface area contributed by atoms with Crippen molar-refractivity contribution < 1.29 is 18.4 Å². The predicted octanol–water partition coefficient (Wildman–Crippen LogP) is 4.27. The highest BCUT2D eigenvalue weighted by atomic mass is 28.4. The van der Waals surface area contributed by atoms with E-state index < -0.39 is 14.1 Å². The van der Waals surface area contributed by atoms with E-state index in [0.29, 0.717) is 17.2 Å². The molecule has 0 radical (unpaired) electrons. The molecule has 0 N–H and O–H groups in total. The van der Waals surface area contributed by atoms with Gasteiger partial charge in [-0.05, 0) is 6.04 Å². The standard InChI is InChI=1S/C20H24O4Si/c1-4-15-25(23-2,24-3)20(18(21)16-11-7-5-8-12-16)19(22)17-13-9-6-10-14-17/h5-14,20H,4,15H2,1-3H3. The molecule has 0 saturated carbocycles. The fourth-order valence-corrected chi connectivity index (χ4v) is 6.24. The molecule has 2 aromatic rings. The summed E-state index contributed by atoms with van der Waals surface area (Å²) < 4.78 is 11.5. The van der Waals surface area contributed by atoms with Crippen LogP contribution in [0.5, 0.6) is 0 Å². The Balaban J connectivity index is 2.54. The number of hydrogen-bond donors (Lipinski definition) is 0. The predicted molar refractivity (Wildman–Crippen MR) is 100 cm³/mol. The summed E-state index contributed by atoms with van der Waals surface area (Å²) in [6, 6.07) is 18.3. The summed E-state index contributed by atoms with van der Waals surface area (Å²) in [4.78, 5) is 26.5. The van der Waals surface area contributed by atoms with Crippen LogP contribution in [0.4, 0.5) is 0 Å². The van der Waals surface area contributed by atoms with Crippen LogP contribution in [0.25, 0.3) is 0 Å². The minimum absolute atomic E-state index is 0.238. The summed E-state index contributed by atoms with van der Waals surface area (Å²) in [6.07, 6.45) is 0.772. The second kappa shape index (κ2) is 8.85. The molecule has 0 bridgehead atoms. The Labute approximate surface area is 150 Å². The van der Waals surface area contributed by atoms with Crippen LogP contribution >= 0.6 is 0 Å². The minimum Gasteiger partial charge on any atom is -0.397 e. The zero-order valence-electron chi connectivity index (χ0n) is 14.9. The normalized spacial score (nSPS) is 11.5. The van der Waals surface area contributed by atoms with E-state index in [2.05, 4.69) is 0 Å². The number of hydrogen-bond acceptors (Lipinski definition) is 4. The highest BCUT2D eigenvalue weighted by Gasteiger charge is 2.52. The van der Waals surface area contributed by atoms with Crippen LogP contribution in [0.2, 0.25) is 11.6 Å². The van der Waals surface area contributed by atoms with Gasteiger partial charge in [-0.25, -0.2) is 0 Å². The Morgan fingerprint density at radius 2 is 1.24 bits per heavy atom. The first-order valence-electron chi connectivity index (χ1n) is 8.38. The number of carbonyl (C=O) groups is 2. The third-order valence-electron chi connectivity index (χ3n) is 4.37. The highest BCUT2D eigenvalue weighted by Crippen LogP contribution is 2.35. The van der Waals surface area contributed by atoms with Crippen LogP contribution in [0, 0.1) is 0 Å². The van der Waals surface area contributed by atoms with Crippen LogP contribution < -0.4 is 0 Å². The van der Waals surface area contributed by atoms with Crippen LogP contribution in [0.15, 0.2) is 60.7 Å². The van der Waals surface area contributed by atoms with E-state index in [4.69, 9.17) is 8.85 Å². The Morgan fingerprint density at radius 1 is 0.840 bits per heavy atom. The average Bonchev–Trinajstić information content (AvgIpc) is 2.68. The van der Waals surface area contributed by atoms with Gasteiger partial charge < -0.3 is 8.85 Å². The molecule has 0 fully saturated rings. The van der Waals surface area contributed by atoms with Crippen molar-refractivity contribution in [3.05, 3.63) is 71.8 Å². The lowest BCUT2D eigenvalue weighted by Gasteiger charge is -2.33.